The Morgan fingerprint density at radius 2 is 1.82 bits per heavy atom. The van der Waals surface area contributed by atoms with E-state index in [0.29, 0.717) is 6.54 Å². The van der Waals surface area contributed by atoms with Crippen molar-refractivity contribution in [2.75, 3.05) is 6.54 Å². The van der Waals surface area contributed by atoms with Crippen LogP contribution >= 0.6 is 0 Å². The molecule has 0 aliphatic rings. The van der Waals surface area contributed by atoms with Crippen molar-refractivity contribution < 1.29 is 19.8 Å². The lowest BCUT2D eigenvalue weighted by Gasteiger charge is -2.29. The molecule has 0 bridgehead atoms. The first-order chi connectivity index (χ1) is 7.84. The summed E-state index contributed by atoms with van der Waals surface area (Å²) >= 11 is 0. The second-order valence-electron chi connectivity index (χ2n) is 4.05. The molecule has 0 fully saturated rings. The normalized spacial score (nSPS) is 15.8. The second-order valence-corrected chi connectivity index (χ2v) is 4.05. The third-order valence-corrected chi connectivity index (χ3v) is 2.75. The number of hydrogen-bond donors (Lipinski definition) is 3. The van der Waals surface area contributed by atoms with Crippen LogP contribution in [0.15, 0.2) is 0 Å². The van der Waals surface area contributed by atoms with Crippen LogP contribution in [0.4, 0.5) is 4.79 Å². The van der Waals surface area contributed by atoms with Gasteiger partial charge in [-0.15, -0.1) is 0 Å². The predicted octanol–water partition coefficient (Wildman–Crippen LogP) is 0.650. The molecular weight excluding hydrogens is 224 g/mol. The first-order valence-corrected chi connectivity index (χ1v) is 5.83. The Hall–Kier alpha value is -1.30. The van der Waals surface area contributed by atoms with Gasteiger partial charge in [-0.05, 0) is 27.2 Å². The van der Waals surface area contributed by atoms with E-state index in [2.05, 4.69) is 5.32 Å². The molecule has 0 spiro atoms. The molecule has 100 valence electrons. The number of rotatable bonds is 6. The molecule has 3 N–H and O–H groups in total. The Bertz CT molecular complexity index is 268. The van der Waals surface area contributed by atoms with Gasteiger partial charge in [0.2, 0.25) is 0 Å². The third-order valence-electron chi connectivity index (χ3n) is 2.75. The maximum atomic E-state index is 11.8. The summed E-state index contributed by atoms with van der Waals surface area (Å²) in [5.41, 5.74) is 0. The number of carbonyl (C=O) groups excluding carboxylic acids is 1. The molecule has 3 unspecified atom stereocenters. The number of hydrogen-bond acceptors (Lipinski definition) is 3. The third kappa shape index (κ3) is 4.60. The standard InChI is InChI=1S/C11H22N2O4/c1-5-7(3)13(6-2)11(17)12-9(8(4)14)10(15)16/h7-9,14H,5-6H2,1-4H3,(H,12,17)(H,15,16). The quantitative estimate of drug-likeness (QED) is 0.642. The lowest BCUT2D eigenvalue weighted by Crippen LogP contribution is -2.54. The maximum Gasteiger partial charge on any atom is 0.328 e. The molecular formula is C11H22N2O4. The molecule has 3 atom stereocenters. The Morgan fingerprint density at radius 1 is 1.29 bits per heavy atom. The molecule has 0 aromatic rings. The summed E-state index contributed by atoms with van der Waals surface area (Å²) in [7, 11) is 0. The summed E-state index contributed by atoms with van der Waals surface area (Å²) in [5, 5.41) is 20.4. The van der Waals surface area contributed by atoms with Gasteiger partial charge in [-0.25, -0.2) is 9.59 Å². The molecule has 17 heavy (non-hydrogen) atoms. The van der Waals surface area contributed by atoms with Crippen molar-refractivity contribution in [2.24, 2.45) is 0 Å². The molecule has 2 amide bonds. The number of nitrogens with one attached hydrogen (secondary N) is 1. The Labute approximate surface area is 102 Å². The van der Waals surface area contributed by atoms with Crippen molar-refractivity contribution in [1.82, 2.24) is 10.2 Å². The van der Waals surface area contributed by atoms with Crippen LogP contribution in [0.25, 0.3) is 0 Å². The van der Waals surface area contributed by atoms with Gasteiger partial charge < -0.3 is 20.4 Å². The molecule has 0 saturated carbocycles. The van der Waals surface area contributed by atoms with E-state index in [9.17, 15) is 14.7 Å². The van der Waals surface area contributed by atoms with Crippen LogP contribution in [-0.4, -0.2) is 51.8 Å². The fourth-order valence-corrected chi connectivity index (χ4v) is 1.48. The van der Waals surface area contributed by atoms with Gasteiger partial charge in [0.15, 0.2) is 6.04 Å². The topological polar surface area (TPSA) is 89.9 Å². The number of nitrogens with zero attached hydrogens (tertiary/aromatic N) is 1. The van der Waals surface area contributed by atoms with Crippen LogP contribution in [-0.2, 0) is 4.79 Å². The van der Waals surface area contributed by atoms with Crippen LogP contribution in [0.1, 0.15) is 34.1 Å². The minimum Gasteiger partial charge on any atom is -0.480 e. The number of urea groups is 1. The number of aliphatic hydroxyl groups excluding tert-OH is 1. The van der Waals surface area contributed by atoms with E-state index < -0.39 is 24.1 Å². The van der Waals surface area contributed by atoms with Crippen molar-refractivity contribution in [3.63, 3.8) is 0 Å². The molecule has 0 heterocycles. The van der Waals surface area contributed by atoms with E-state index in [-0.39, 0.29) is 6.04 Å². The van der Waals surface area contributed by atoms with Crippen molar-refractivity contribution in [3.05, 3.63) is 0 Å². The zero-order valence-electron chi connectivity index (χ0n) is 10.8. The minimum atomic E-state index is -1.28. The lowest BCUT2D eigenvalue weighted by atomic mass is 10.2. The summed E-state index contributed by atoms with van der Waals surface area (Å²) < 4.78 is 0. The van der Waals surface area contributed by atoms with E-state index in [0.717, 1.165) is 6.42 Å². The molecule has 6 nitrogen and oxygen atoms in total. The van der Waals surface area contributed by atoms with E-state index in [1.165, 1.54) is 6.92 Å². The number of carbonyl (C=O) groups is 2. The summed E-state index contributed by atoms with van der Waals surface area (Å²) in [6.07, 6.45) is -0.347. The van der Waals surface area contributed by atoms with E-state index in [4.69, 9.17) is 5.11 Å². The molecule has 0 aromatic carbocycles. The van der Waals surface area contributed by atoms with Crippen LogP contribution in [0.5, 0.6) is 0 Å². The van der Waals surface area contributed by atoms with Gasteiger partial charge in [-0.1, -0.05) is 6.92 Å². The monoisotopic (exact) mass is 246 g/mol. The molecule has 6 heteroatoms. The maximum absolute atomic E-state index is 11.8. The number of carboxylic acids is 1. The average Bonchev–Trinajstić information content (AvgIpc) is 2.25. The van der Waals surface area contributed by atoms with Gasteiger partial charge in [0, 0.05) is 12.6 Å². The van der Waals surface area contributed by atoms with Crippen molar-refractivity contribution >= 4 is 12.0 Å². The number of amides is 2. The second kappa shape index (κ2) is 7.11. The van der Waals surface area contributed by atoms with E-state index in [1.807, 2.05) is 20.8 Å². The van der Waals surface area contributed by atoms with Crippen LogP contribution in [0.3, 0.4) is 0 Å². The van der Waals surface area contributed by atoms with Gasteiger partial charge in [0.1, 0.15) is 0 Å². The van der Waals surface area contributed by atoms with Gasteiger partial charge >= 0.3 is 12.0 Å². The zero-order chi connectivity index (χ0) is 13.6. The predicted molar refractivity (Wildman–Crippen MR) is 63.8 cm³/mol. The Morgan fingerprint density at radius 3 is 2.12 bits per heavy atom. The summed E-state index contributed by atoms with van der Waals surface area (Å²) in [6.45, 7) is 7.49. The van der Waals surface area contributed by atoms with Crippen LogP contribution in [0.2, 0.25) is 0 Å². The average molecular weight is 246 g/mol. The molecule has 0 aliphatic carbocycles. The highest BCUT2D eigenvalue weighted by Gasteiger charge is 2.27. The zero-order valence-corrected chi connectivity index (χ0v) is 10.8. The van der Waals surface area contributed by atoms with Gasteiger partial charge in [0.25, 0.3) is 0 Å². The van der Waals surface area contributed by atoms with E-state index >= 15 is 0 Å². The first-order valence-electron chi connectivity index (χ1n) is 5.83. The van der Waals surface area contributed by atoms with Crippen molar-refractivity contribution in [3.8, 4) is 0 Å². The highest BCUT2D eigenvalue weighted by molar-refractivity contribution is 5.83. The highest BCUT2D eigenvalue weighted by Crippen LogP contribution is 2.04. The fourth-order valence-electron chi connectivity index (χ4n) is 1.48. The Kier molecular flexibility index (Phi) is 6.57. The largest absolute Gasteiger partial charge is 0.480 e. The van der Waals surface area contributed by atoms with Gasteiger partial charge in [-0.2, -0.15) is 0 Å². The molecule has 0 radical (unpaired) electrons. The summed E-state index contributed by atoms with van der Waals surface area (Å²) in [5.74, 6) is -1.24. The minimum absolute atomic E-state index is 0.0310. The molecule has 0 rings (SSSR count). The number of aliphatic hydroxyl groups is 1. The highest BCUT2D eigenvalue weighted by atomic mass is 16.4. The lowest BCUT2D eigenvalue weighted by molar-refractivity contribution is -0.141. The van der Waals surface area contributed by atoms with Gasteiger partial charge in [-0.3, -0.25) is 0 Å². The summed E-state index contributed by atoms with van der Waals surface area (Å²) in [6, 6.07) is -1.71. The first kappa shape index (κ1) is 15.7. The Balaban J connectivity index is 4.63. The number of aliphatic carboxylic acids is 1. The molecule has 0 aromatic heterocycles. The summed E-state index contributed by atoms with van der Waals surface area (Å²) in [4.78, 5) is 24.2. The fraction of sp³-hybridized carbons (Fsp3) is 0.818. The van der Waals surface area contributed by atoms with Crippen molar-refractivity contribution in [1.29, 1.82) is 0 Å². The van der Waals surface area contributed by atoms with Crippen LogP contribution in [0, 0.1) is 0 Å². The molecule has 0 aliphatic heterocycles. The van der Waals surface area contributed by atoms with Gasteiger partial charge in [0.05, 0.1) is 6.10 Å². The smallest absolute Gasteiger partial charge is 0.328 e. The SMILES string of the molecule is CCC(C)N(CC)C(=O)NC(C(=O)O)C(C)O. The van der Waals surface area contributed by atoms with Crippen LogP contribution < -0.4 is 5.32 Å². The molecule has 0 saturated heterocycles. The van der Waals surface area contributed by atoms with Crippen molar-refractivity contribution in [2.45, 2.75) is 52.3 Å². The van der Waals surface area contributed by atoms with E-state index in [1.54, 1.807) is 4.90 Å². The number of carboxylic acid groups (broad SMARTS) is 1.